The third-order valence-corrected chi connectivity index (χ3v) is 12.3. The predicted molar refractivity (Wildman–Crippen MR) is 251 cm³/mol. The maximum Gasteiger partial charge on any atom is 0.325 e. The summed E-state index contributed by atoms with van der Waals surface area (Å²) in [5.41, 5.74) is 16.6. The first-order valence-electron chi connectivity index (χ1n) is 23.2. The molecule has 0 bridgehead atoms. The Hall–Kier alpha value is -5.56. The van der Waals surface area contributed by atoms with Gasteiger partial charge < -0.3 is 60.7 Å². The van der Waals surface area contributed by atoms with E-state index in [1.54, 1.807) is 90.1 Å². The number of carbonyl (C=O) groups is 4. The molecule has 12 atom stereocenters. The molecule has 16 heteroatoms. The van der Waals surface area contributed by atoms with Gasteiger partial charge in [0.05, 0.1) is 37.5 Å². The second kappa shape index (κ2) is 24.1. The van der Waals surface area contributed by atoms with Crippen molar-refractivity contribution >= 4 is 23.8 Å². The van der Waals surface area contributed by atoms with Gasteiger partial charge in [-0.3, -0.25) is 19.2 Å². The number of aliphatic hydroxyl groups excluding tert-OH is 2. The van der Waals surface area contributed by atoms with Crippen LogP contribution in [0.5, 0.6) is 0 Å². The number of rotatable bonds is 23. The van der Waals surface area contributed by atoms with Crippen LogP contribution in [0.4, 0.5) is 0 Å². The zero-order valence-corrected chi connectivity index (χ0v) is 39.4. The minimum atomic E-state index is -2.05. The van der Waals surface area contributed by atoms with Crippen molar-refractivity contribution in [3.05, 3.63) is 143 Å². The Labute approximate surface area is 398 Å². The maximum atomic E-state index is 14.7. The largest absolute Gasteiger partial charge is 0.435 e. The Morgan fingerprint density at radius 3 is 1.24 bits per heavy atom. The number of amides is 2. The van der Waals surface area contributed by atoms with E-state index in [1.165, 1.54) is 0 Å². The van der Waals surface area contributed by atoms with Gasteiger partial charge in [-0.05, 0) is 59.1 Å². The Morgan fingerprint density at radius 2 is 0.882 bits per heavy atom. The van der Waals surface area contributed by atoms with Gasteiger partial charge >= 0.3 is 11.9 Å². The molecule has 68 heavy (non-hydrogen) atoms. The summed E-state index contributed by atoms with van der Waals surface area (Å²) in [6.07, 6.45) is -10.5. The molecule has 0 radical (unpaired) electrons. The highest BCUT2D eigenvalue weighted by Gasteiger charge is 2.45. The third kappa shape index (κ3) is 13.4. The van der Waals surface area contributed by atoms with Crippen molar-refractivity contribution < 1.29 is 57.8 Å². The molecule has 0 saturated heterocycles. The molecule has 8 N–H and O–H groups in total. The number of hydrogen-bond donors (Lipinski definition) is 6. The van der Waals surface area contributed by atoms with Crippen molar-refractivity contribution in [3.63, 3.8) is 0 Å². The van der Waals surface area contributed by atoms with Crippen LogP contribution in [0.2, 0.25) is 0 Å². The standard InChI is InChI=1S/C52H66N4O12/c1-29(2)41(53)51(61)67-31(5)65-39-25-35-21-13-15-23-37(35)43(39)55-49(59)47(63-27-33-17-9-7-10-18-33)45(57)46(58)48(64-28-34-19-11-8-12-20-34)50(60)56-44-38-24-16-14-22-36(38)26-40(44)66-32(6)68-52(62)42(54)30(3)4/h7-24,29-32,39-48,57-58H,25-28,53-54H2,1-6H3,(H,55,59)(H,56,60)/t31?,32?,39-,40-,41+,42+,43+,44+,45-,46-,47-,48-/m1/s1. The number of fused-ring (bicyclic) bond motifs is 2. The van der Waals surface area contributed by atoms with Gasteiger partial charge in [-0.25, -0.2) is 0 Å². The molecule has 16 nitrogen and oxygen atoms in total. The summed E-state index contributed by atoms with van der Waals surface area (Å²) in [5, 5.41) is 30.3. The Morgan fingerprint density at radius 1 is 0.544 bits per heavy atom. The van der Waals surface area contributed by atoms with Crippen LogP contribution in [-0.4, -0.2) is 95.3 Å². The number of benzene rings is 4. The molecular weight excluding hydrogens is 873 g/mol. The molecule has 2 aliphatic carbocycles. The molecule has 2 unspecified atom stereocenters. The average molecular weight is 939 g/mol. The van der Waals surface area contributed by atoms with E-state index in [0.29, 0.717) is 24.0 Å². The van der Waals surface area contributed by atoms with E-state index in [4.69, 9.17) is 39.9 Å². The monoisotopic (exact) mass is 938 g/mol. The number of nitrogens with two attached hydrogens (primary N) is 2. The minimum absolute atomic E-state index is 0.155. The summed E-state index contributed by atoms with van der Waals surface area (Å²) in [7, 11) is 0. The van der Waals surface area contributed by atoms with Crippen LogP contribution < -0.4 is 22.1 Å². The molecule has 2 amide bonds. The van der Waals surface area contributed by atoms with Crippen molar-refractivity contribution in [2.75, 3.05) is 0 Å². The molecule has 0 spiro atoms. The zero-order valence-electron chi connectivity index (χ0n) is 39.4. The van der Waals surface area contributed by atoms with Crippen LogP contribution in [0.3, 0.4) is 0 Å². The quantitative estimate of drug-likeness (QED) is 0.0451. The lowest BCUT2D eigenvalue weighted by atomic mass is 9.99. The van der Waals surface area contributed by atoms with E-state index < -0.39 is 97.1 Å². The number of ether oxygens (including phenoxy) is 6. The van der Waals surface area contributed by atoms with Crippen molar-refractivity contribution in [3.8, 4) is 0 Å². The summed E-state index contributed by atoms with van der Waals surface area (Å²) in [4.78, 5) is 54.8. The van der Waals surface area contributed by atoms with Crippen molar-refractivity contribution in [1.29, 1.82) is 0 Å². The Kier molecular flexibility index (Phi) is 18.4. The number of nitrogens with one attached hydrogen (secondary N) is 2. The van der Waals surface area contributed by atoms with Crippen molar-refractivity contribution in [2.24, 2.45) is 23.3 Å². The summed E-state index contributed by atoms with van der Waals surface area (Å²) in [6, 6.07) is 29.3. The fourth-order valence-corrected chi connectivity index (χ4v) is 8.30. The molecule has 0 aliphatic heterocycles. The fraction of sp³-hybridized carbons (Fsp3) is 0.462. The first-order valence-corrected chi connectivity index (χ1v) is 23.2. The normalized spacial score (nSPS) is 21.1. The lowest BCUT2D eigenvalue weighted by Gasteiger charge is -2.33. The molecule has 0 saturated carbocycles. The van der Waals surface area contributed by atoms with Gasteiger partial charge in [0, 0.05) is 12.8 Å². The van der Waals surface area contributed by atoms with Gasteiger partial charge in [0.1, 0.15) is 24.3 Å². The lowest BCUT2D eigenvalue weighted by Crippen LogP contribution is -2.57. The molecule has 0 heterocycles. The topological polar surface area (TPSA) is 240 Å². The number of aliphatic hydroxyl groups is 2. The smallest absolute Gasteiger partial charge is 0.325 e. The van der Waals surface area contributed by atoms with E-state index in [1.807, 2.05) is 60.7 Å². The minimum Gasteiger partial charge on any atom is -0.435 e. The van der Waals surface area contributed by atoms with Gasteiger partial charge in [0.15, 0.2) is 12.2 Å². The predicted octanol–water partition coefficient (Wildman–Crippen LogP) is 4.22. The van der Waals surface area contributed by atoms with Gasteiger partial charge in [0.25, 0.3) is 11.8 Å². The second-order valence-electron chi connectivity index (χ2n) is 18.1. The summed E-state index contributed by atoms with van der Waals surface area (Å²) < 4.78 is 35.9. The first kappa shape index (κ1) is 51.8. The molecule has 4 aromatic rings. The van der Waals surface area contributed by atoms with Crippen LogP contribution in [0.1, 0.15) is 87.0 Å². The van der Waals surface area contributed by atoms with Gasteiger partial charge in [-0.2, -0.15) is 0 Å². The molecule has 6 rings (SSSR count). The fourth-order valence-electron chi connectivity index (χ4n) is 8.30. The van der Waals surface area contributed by atoms with Crippen molar-refractivity contribution in [2.45, 2.75) is 141 Å². The van der Waals surface area contributed by atoms with Gasteiger partial charge in [-0.1, -0.05) is 137 Å². The van der Waals surface area contributed by atoms with Gasteiger partial charge in [-0.15, -0.1) is 0 Å². The lowest BCUT2D eigenvalue weighted by molar-refractivity contribution is -0.191. The second-order valence-corrected chi connectivity index (χ2v) is 18.1. The molecule has 366 valence electrons. The van der Waals surface area contributed by atoms with Crippen LogP contribution in [-0.2, 0) is 73.7 Å². The van der Waals surface area contributed by atoms with Crippen LogP contribution in [0.25, 0.3) is 0 Å². The number of esters is 2. The van der Waals surface area contributed by atoms with Crippen molar-refractivity contribution in [1.82, 2.24) is 10.6 Å². The molecule has 0 fully saturated rings. The molecule has 2 aliphatic rings. The number of carbonyl (C=O) groups excluding carboxylic acids is 4. The van der Waals surface area contributed by atoms with Crippen LogP contribution in [0, 0.1) is 11.8 Å². The molecular formula is C52H66N4O12. The van der Waals surface area contributed by atoms with Crippen LogP contribution >= 0.6 is 0 Å². The van der Waals surface area contributed by atoms with Crippen LogP contribution in [0.15, 0.2) is 109 Å². The number of hydrogen-bond acceptors (Lipinski definition) is 14. The summed E-state index contributed by atoms with van der Waals surface area (Å²) >= 11 is 0. The van der Waals surface area contributed by atoms with E-state index in [9.17, 15) is 29.4 Å². The maximum absolute atomic E-state index is 14.7. The first-order chi connectivity index (χ1) is 32.5. The highest BCUT2D eigenvalue weighted by Crippen LogP contribution is 2.36. The molecule has 0 aromatic heterocycles. The summed E-state index contributed by atoms with van der Waals surface area (Å²) in [5.74, 6) is -3.26. The Balaban J connectivity index is 1.27. The van der Waals surface area contributed by atoms with Gasteiger partial charge in [0.2, 0.25) is 12.6 Å². The SMILES string of the molecule is CC(OC(=O)[C@@H](N)C(C)C)O[C@@H]1Cc2ccccc2[C@@H]1NC(=O)[C@H](OCc1ccccc1)[C@H](O)[C@@H](O)[C@@H](OCc1ccccc1)C(=O)N[C@H]1c2ccccc2C[C@H]1OC(C)OC(=O)[C@@H](N)C(C)C. The molecule has 4 aromatic carbocycles. The summed E-state index contributed by atoms with van der Waals surface area (Å²) in [6.45, 7) is 10.0. The Bertz CT molecular complexity index is 2120. The average Bonchev–Trinajstić information content (AvgIpc) is 3.84. The van der Waals surface area contributed by atoms with E-state index in [0.717, 1.165) is 22.3 Å². The highest BCUT2D eigenvalue weighted by molar-refractivity contribution is 5.84. The third-order valence-electron chi connectivity index (χ3n) is 12.3. The zero-order chi connectivity index (χ0) is 49.1. The van der Waals surface area contributed by atoms with E-state index in [-0.39, 0.29) is 25.0 Å². The van der Waals surface area contributed by atoms with E-state index in [2.05, 4.69) is 10.6 Å². The van der Waals surface area contributed by atoms with E-state index >= 15 is 0 Å². The highest BCUT2D eigenvalue weighted by atomic mass is 16.7.